The quantitative estimate of drug-likeness (QED) is 0.739. The van der Waals surface area contributed by atoms with Crippen LogP contribution in [-0.2, 0) is 15.3 Å². The number of thioether (sulfide) groups is 1. The Kier molecular flexibility index (Phi) is 4.37. The van der Waals surface area contributed by atoms with Crippen molar-refractivity contribution in [3.8, 4) is 0 Å². The molecule has 0 atom stereocenters. The summed E-state index contributed by atoms with van der Waals surface area (Å²) in [6.45, 7) is 1.51. The Labute approximate surface area is 92.8 Å². The molecule has 0 aliphatic heterocycles. The maximum Gasteiger partial charge on any atom is 0.338 e. The first-order chi connectivity index (χ1) is 7.15. The van der Waals surface area contributed by atoms with Crippen molar-refractivity contribution in [3.63, 3.8) is 0 Å². The third kappa shape index (κ3) is 3.40. The van der Waals surface area contributed by atoms with E-state index in [1.54, 1.807) is 12.1 Å². The number of rotatable bonds is 3. The van der Waals surface area contributed by atoms with Crippen molar-refractivity contribution in [3.05, 3.63) is 35.4 Å². The second-order valence-corrected chi connectivity index (χ2v) is 4.08. The summed E-state index contributed by atoms with van der Waals surface area (Å²) in [5.41, 5.74) is 1.35. The minimum absolute atomic E-state index is 0.0367. The van der Waals surface area contributed by atoms with E-state index < -0.39 is 0 Å². The van der Waals surface area contributed by atoms with Crippen LogP contribution in [0.2, 0.25) is 0 Å². The van der Waals surface area contributed by atoms with E-state index in [0.717, 1.165) is 5.56 Å². The Morgan fingerprint density at radius 1 is 1.33 bits per heavy atom. The topological polar surface area (TPSA) is 43.4 Å². The van der Waals surface area contributed by atoms with Crippen LogP contribution in [0.3, 0.4) is 0 Å². The summed E-state index contributed by atoms with van der Waals surface area (Å²) in [5.74, 6) is 0.135. The largest absolute Gasteiger partial charge is 0.465 e. The molecular weight excluding hydrogens is 212 g/mol. The molecule has 0 aliphatic rings. The Hall–Kier alpha value is -1.29. The summed E-state index contributed by atoms with van der Waals surface area (Å²) in [4.78, 5) is 22.2. The van der Waals surface area contributed by atoms with Gasteiger partial charge in [0, 0.05) is 12.7 Å². The van der Waals surface area contributed by atoms with Gasteiger partial charge in [-0.1, -0.05) is 30.0 Å². The highest BCUT2D eigenvalue weighted by Gasteiger charge is 2.10. The average Bonchev–Trinajstić information content (AvgIpc) is 2.25. The molecule has 0 radical (unpaired) electrons. The first-order valence-electron chi connectivity index (χ1n) is 4.44. The fourth-order valence-electron chi connectivity index (χ4n) is 1.13. The molecule has 0 N–H and O–H groups in total. The van der Waals surface area contributed by atoms with Gasteiger partial charge in [-0.05, 0) is 11.6 Å². The summed E-state index contributed by atoms with van der Waals surface area (Å²) in [5, 5.41) is 0.0367. The zero-order valence-corrected chi connectivity index (χ0v) is 9.47. The third-order valence-electron chi connectivity index (χ3n) is 1.85. The Bertz CT molecular complexity index is 374. The van der Waals surface area contributed by atoms with Gasteiger partial charge in [-0.25, -0.2) is 4.79 Å². The summed E-state index contributed by atoms with van der Waals surface area (Å²) < 4.78 is 4.65. The van der Waals surface area contributed by atoms with E-state index in [1.165, 1.54) is 25.8 Å². The molecule has 0 heterocycles. The lowest BCUT2D eigenvalue weighted by Crippen LogP contribution is -2.05. The number of carbonyl (C=O) groups is 2. The maximum absolute atomic E-state index is 11.4. The molecule has 3 nitrogen and oxygen atoms in total. The highest BCUT2D eigenvalue weighted by Crippen LogP contribution is 2.17. The number of esters is 1. The number of benzene rings is 1. The molecule has 15 heavy (non-hydrogen) atoms. The Balaban J connectivity index is 2.86. The SMILES string of the molecule is COC(=O)c1ccccc1CSC(C)=O. The van der Waals surface area contributed by atoms with E-state index in [0.29, 0.717) is 11.3 Å². The van der Waals surface area contributed by atoms with E-state index in [2.05, 4.69) is 4.74 Å². The van der Waals surface area contributed by atoms with Crippen molar-refractivity contribution in [1.82, 2.24) is 0 Å². The lowest BCUT2D eigenvalue weighted by atomic mass is 10.1. The van der Waals surface area contributed by atoms with Crippen molar-refractivity contribution >= 4 is 22.8 Å². The number of ether oxygens (including phenoxy) is 1. The van der Waals surface area contributed by atoms with Gasteiger partial charge in [-0.15, -0.1) is 0 Å². The molecule has 0 saturated carbocycles. The molecule has 0 aromatic heterocycles. The lowest BCUT2D eigenvalue weighted by Gasteiger charge is -2.05. The predicted molar refractivity (Wildman–Crippen MR) is 59.8 cm³/mol. The monoisotopic (exact) mass is 224 g/mol. The molecule has 4 heteroatoms. The van der Waals surface area contributed by atoms with Crippen LogP contribution in [0.5, 0.6) is 0 Å². The fraction of sp³-hybridized carbons (Fsp3) is 0.273. The van der Waals surface area contributed by atoms with Crippen LogP contribution in [0, 0.1) is 0 Å². The molecule has 0 saturated heterocycles. The summed E-state index contributed by atoms with van der Waals surface area (Å²) in [6.07, 6.45) is 0. The second-order valence-electron chi connectivity index (χ2n) is 2.93. The van der Waals surface area contributed by atoms with Gasteiger partial charge in [-0.2, -0.15) is 0 Å². The maximum atomic E-state index is 11.4. The summed E-state index contributed by atoms with van der Waals surface area (Å²) in [7, 11) is 1.34. The predicted octanol–water partition coefficient (Wildman–Crippen LogP) is 2.25. The molecule has 0 amide bonds. The minimum Gasteiger partial charge on any atom is -0.465 e. The van der Waals surface area contributed by atoms with Crippen LogP contribution >= 0.6 is 11.8 Å². The zero-order chi connectivity index (χ0) is 11.3. The normalized spacial score (nSPS) is 9.73. The molecule has 0 bridgehead atoms. The molecule has 0 fully saturated rings. The van der Waals surface area contributed by atoms with Crippen molar-refractivity contribution in [2.75, 3.05) is 7.11 Å². The molecule has 1 aromatic rings. The van der Waals surface area contributed by atoms with Gasteiger partial charge in [-0.3, -0.25) is 4.79 Å². The smallest absolute Gasteiger partial charge is 0.338 e. The first-order valence-corrected chi connectivity index (χ1v) is 5.43. The standard InChI is InChI=1S/C11H12O3S/c1-8(12)15-7-9-5-3-4-6-10(9)11(13)14-2/h3-6H,7H2,1-2H3. The molecule has 1 rings (SSSR count). The van der Waals surface area contributed by atoms with E-state index in [-0.39, 0.29) is 11.1 Å². The number of carbonyl (C=O) groups excluding carboxylic acids is 2. The third-order valence-corrected chi connectivity index (χ3v) is 2.72. The van der Waals surface area contributed by atoms with E-state index in [1.807, 2.05) is 12.1 Å². The minimum atomic E-state index is -0.366. The highest BCUT2D eigenvalue weighted by molar-refractivity contribution is 8.12. The van der Waals surface area contributed by atoms with Gasteiger partial charge in [0.15, 0.2) is 5.12 Å². The number of methoxy groups -OCH3 is 1. The zero-order valence-electron chi connectivity index (χ0n) is 8.65. The molecule has 0 spiro atoms. The second kappa shape index (κ2) is 5.56. The van der Waals surface area contributed by atoms with Gasteiger partial charge < -0.3 is 4.74 Å². The number of hydrogen-bond acceptors (Lipinski definition) is 4. The van der Waals surface area contributed by atoms with Gasteiger partial charge in [0.1, 0.15) is 0 Å². The van der Waals surface area contributed by atoms with E-state index in [9.17, 15) is 9.59 Å². The Morgan fingerprint density at radius 2 is 2.00 bits per heavy atom. The molecule has 0 aliphatic carbocycles. The van der Waals surface area contributed by atoms with Crippen molar-refractivity contribution < 1.29 is 14.3 Å². The molecule has 0 unspecified atom stereocenters. The van der Waals surface area contributed by atoms with Crippen LogP contribution in [-0.4, -0.2) is 18.2 Å². The molecule has 80 valence electrons. The average molecular weight is 224 g/mol. The van der Waals surface area contributed by atoms with Crippen LogP contribution in [0.1, 0.15) is 22.8 Å². The van der Waals surface area contributed by atoms with Crippen molar-refractivity contribution in [2.45, 2.75) is 12.7 Å². The Morgan fingerprint density at radius 3 is 2.60 bits per heavy atom. The van der Waals surface area contributed by atoms with Crippen LogP contribution < -0.4 is 0 Å². The van der Waals surface area contributed by atoms with Crippen LogP contribution in [0.25, 0.3) is 0 Å². The van der Waals surface area contributed by atoms with E-state index >= 15 is 0 Å². The molecular formula is C11H12O3S. The fourth-order valence-corrected chi connectivity index (χ4v) is 1.75. The van der Waals surface area contributed by atoms with Gasteiger partial charge in [0.25, 0.3) is 0 Å². The van der Waals surface area contributed by atoms with E-state index in [4.69, 9.17) is 0 Å². The first kappa shape index (κ1) is 11.8. The summed E-state index contributed by atoms with van der Waals surface area (Å²) >= 11 is 1.18. The van der Waals surface area contributed by atoms with Gasteiger partial charge in [0.05, 0.1) is 12.7 Å². The molecule has 1 aromatic carbocycles. The van der Waals surface area contributed by atoms with Crippen molar-refractivity contribution in [1.29, 1.82) is 0 Å². The van der Waals surface area contributed by atoms with Crippen molar-refractivity contribution in [2.24, 2.45) is 0 Å². The highest BCUT2D eigenvalue weighted by atomic mass is 32.2. The van der Waals surface area contributed by atoms with Gasteiger partial charge >= 0.3 is 5.97 Å². The lowest BCUT2D eigenvalue weighted by molar-refractivity contribution is -0.109. The van der Waals surface area contributed by atoms with Gasteiger partial charge in [0.2, 0.25) is 0 Å². The van der Waals surface area contributed by atoms with Crippen LogP contribution in [0.4, 0.5) is 0 Å². The summed E-state index contributed by atoms with van der Waals surface area (Å²) in [6, 6.07) is 7.13. The number of hydrogen-bond donors (Lipinski definition) is 0. The van der Waals surface area contributed by atoms with Crippen LogP contribution in [0.15, 0.2) is 24.3 Å².